The molecule has 3 aromatic rings. The van der Waals surface area contributed by atoms with Gasteiger partial charge in [0.25, 0.3) is 0 Å². The fourth-order valence-electron chi connectivity index (χ4n) is 3.27. The molecule has 0 atom stereocenters. The minimum atomic E-state index is -0.462. The Morgan fingerprint density at radius 1 is 0.968 bits per heavy atom. The summed E-state index contributed by atoms with van der Waals surface area (Å²) < 4.78 is 11.4. The average molecular weight is 412 g/mol. The summed E-state index contributed by atoms with van der Waals surface area (Å²) in [6.45, 7) is 6.78. The van der Waals surface area contributed by atoms with E-state index in [9.17, 15) is 4.79 Å². The molecular formula is C27H25NO3. The number of ether oxygens (including phenoxy) is 2. The summed E-state index contributed by atoms with van der Waals surface area (Å²) in [6.07, 6.45) is 1.71. The Kier molecular flexibility index (Phi) is 5.99. The maximum absolute atomic E-state index is 12.4. The number of nitrogens with zero attached hydrogens (tertiary/aromatic N) is 1. The molecule has 1 heterocycles. The van der Waals surface area contributed by atoms with Crippen molar-refractivity contribution in [2.75, 3.05) is 0 Å². The summed E-state index contributed by atoms with van der Waals surface area (Å²) in [5.74, 6) is 0.989. The van der Waals surface area contributed by atoms with Crippen molar-refractivity contribution in [2.45, 2.75) is 33.3 Å². The third-order valence-corrected chi connectivity index (χ3v) is 5.17. The van der Waals surface area contributed by atoms with Gasteiger partial charge < -0.3 is 9.47 Å². The van der Waals surface area contributed by atoms with Crippen molar-refractivity contribution in [1.29, 1.82) is 0 Å². The smallest absolute Gasteiger partial charge is 0.363 e. The second-order valence-electron chi connectivity index (χ2n) is 7.92. The third kappa shape index (κ3) is 4.92. The zero-order valence-electron chi connectivity index (χ0n) is 18.0. The summed E-state index contributed by atoms with van der Waals surface area (Å²) in [5.41, 5.74) is 5.34. The van der Waals surface area contributed by atoms with E-state index < -0.39 is 5.97 Å². The Morgan fingerprint density at radius 3 is 2.39 bits per heavy atom. The SMILES string of the molecule is Cc1ccc(COc2ccccc2/C=C2\N=C(c3ccc(C(C)C)cc3)OC2=O)cc1. The second kappa shape index (κ2) is 9.00. The van der Waals surface area contributed by atoms with Crippen molar-refractivity contribution in [2.24, 2.45) is 4.99 Å². The number of cyclic esters (lactones) is 1. The minimum absolute atomic E-state index is 0.259. The zero-order chi connectivity index (χ0) is 21.8. The number of hydrogen-bond donors (Lipinski definition) is 0. The third-order valence-electron chi connectivity index (χ3n) is 5.17. The predicted molar refractivity (Wildman–Crippen MR) is 123 cm³/mol. The maximum Gasteiger partial charge on any atom is 0.363 e. The van der Waals surface area contributed by atoms with Crippen molar-refractivity contribution in [3.05, 3.63) is 106 Å². The van der Waals surface area contributed by atoms with Crippen LogP contribution in [-0.4, -0.2) is 11.9 Å². The van der Waals surface area contributed by atoms with Gasteiger partial charge in [-0.05, 0) is 48.2 Å². The van der Waals surface area contributed by atoms with Crippen molar-refractivity contribution in [3.8, 4) is 5.75 Å². The van der Waals surface area contributed by atoms with Crippen LogP contribution in [0, 0.1) is 6.92 Å². The van der Waals surface area contributed by atoms with Crippen LogP contribution in [0.4, 0.5) is 0 Å². The molecule has 0 N–H and O–H groups in total. The average Bonchev–Trinajstić information content (AvgIpc) is 3.14. The van der Waals surface area contributed by atoms with Crippen LogP contribution in [-0.2, 0) is 16.1 Å². The van der Waals surface area contributed by atoms with Crippen LogP contribution < -0.4 is 4.74 Å². The van der Waals surface area contributed by atoms with Crippen molar-refractivity contribution >= 4 is 17.9 Å². The quantitative estimate of drug-likeness (QED) is 0.367. The molecule has 1 aliphatic heterocycles. The molecular weight excluding hydrogens is 386 g/mol. The van der Waals surface area contributed by atoms with Crippen molar-refractivity contribution < 1.29 is 14.3 Å². The Balaban J connectivity index is 1.55. The summed E-state index contributed by atoms with van der Waals surface area (Å²) in [6, 6.07) is 23.7. The van der Waals surface area contributed by atoms with Crippen molar-refractivity contribution in [3.63, 3.8) is 0 Å². The number of aliphatic imine (C=N–C) groups is 1. The highest BCUT2D eigenvalue weighted by molar-refractivity contribution is 6.12. The van der Waals surface area contributed by atoms with Crippen LogP contribution in [0.15, 0.2) is 83.5 Å². The van der Waals surface area contributed by atoms with E-state index in [1.54, 1.807) is 6.08 Å². The molecule has 156 valence electrons. The Morgan fingerprint density at radius 2 is 1.68 bits per heavy atom. The molecule has 0 unspecified atom stereocenters. The van der Waals surface area contributed by atoms with E-state index in [2.05, 4.69) is 37.9 Å². The fraction of sp³-hybridized carbons (Fsp3) is 0.185. The van der Waals surface area contributed by atoms with Crippen LogP contribution in [0.5, 0.6) is 5.75 Å². The van der Waals surface area contributed by atoms with E-state index >= 15 is 0 Å². The molecule has 4 heteroatoms. The van der Waals surface area contributed by atoms with E-state index in [-0.39, 0.29) is 5.70 Å². The highest BCUT2D eigenvalue weighted by Gasteiger charge is 2.24. The molecule has 0 saturated carbocycles. The molecule has 0 saturated heterocycles. The Bertz CT molecular complexity index is 1140. The lowest BCUT2D eigenvalue weighted by atomic mass is 10.0. The minimum Gasteiger partial charge on any atom is -0.488 e. The second-order valence-corrected chi connectivity index (χ2v) is 7.92. The highest BCUT2D eigenvalue weighted by Crippen LogP contribution is 2.26. The molecule has 4 nitrogen and oxygen atoms in total. The van der Waals surface area contributed by atoms with Crippen LogP contribution in [0.3, 0.4) is 0 Å². The van der Waals surface area contributed by atoms with Gasteiger partial charge in [-0.3, -0.25) is 0 Å². The molecule has 0 aromatic heterocycles. The van der Waals surface area contributed by atoms with E-state index in [0.717, 1.165) is 16.7 Å². The summed E-state index contributed by atoms with van der Waals surface area (Å²) >= 11 is 0. The van der Waals surface area contributed by atoms with Gasteiger partial charge in [0.15, 0.2) is 5.70 Å². The Labute approximate surface area is 182 Å². The largest absolute Gasteiger partial charge is 0.488 e. The summed E-state index contributed by atoms with van der Waals surface area (Å²) in [4.78, 5) is 16.8. The first-order valence-corrected chi connectivity index (χ1v) is 10.4. The number of rotatable bonds is 6. The molecule has 0 fully saturated rings. The fourth-order valence-corrected chi connectivity index (χ4v) is 3.27. The molecule has 0 aliphatic carbocycles. The monoisotopic (exact) mass is 411 g/mol. The van der Waals surface area contributed by atoms with Gasteiger partial charge in [-0.15, -0.1) is 0 Å². The zero-order valence-corrected chi connectivity index (χ0v) is 18.0. The van der Waals surface area contributed by atoms with E-state index in [4.69, 9.17) is 9.47 Å². The van der Waals surface area contributed by atoms with E-state index in [1.165, 1.54) is 11.1 Å². The predicted octanol–water partition coefficient (Wildman–Crippen LogP) is 6.04. The molecule has 3 aromatic carbocycles. The number of carbonyl (C=O) groups excluding carboxylic acids is 1. The van der Waals surface area contributed by atoms with Gasteiger partial charge in [-0.25, -0.2) is 9.79 Å². The van der Waals surface area contributed by atoms with Crippen LogP contribution in [0.25, 0.3) is 6.08 Å². The first-order chi connectivity index (χ1) is 15.0. The van der Waals surface area contributed by atoms with E-state index in [1.807, 2.05) is 60.7 Å². The number of esters is 1. The molecule has 31 heavy (non-hydrogen) atoms. The lowest BCUT2D eigenvalue weighted by Crippen LogP contribution is -2.05. The summed E-state index contributed by atoms with van der Waals surface area (Å²) in [7, 11) is 0. The van der Waals surface area contributed by atoms with Gasteiger partial charge in [-0.2, -0.15) is 0 Å². The van der Waals surface area contributed by atoms with Crippen LogP contribution in [0.2, 0.25) is 0 Å². The van der Waals surface area contributed by atoms with Gasteiger partial charge in [0, 0.05) is 11.1 Å². The van der Waals surface area contributed by atoms with Gasteiger partial charge in [0.1, 0.15) is 12.4 Å². The lowest BCUT2D eigenvalue weighted by molar-refractivity contribution is -0.129. The topological polar surface area (TPSA) is 47.9 Å². The normalized spacial score (nSPS) is 14.6. The molecule has 0 amide bonds. The van der Waals surface area contributed by atoms with Crippen LogP contribution >= 0.6 is 0 Å². The van der Waals surface area contributed by atoms with Gasteiger partial charge >= 0.3 is 5.97 Å². The number of aryl methyl sites for hydroxylation is 1. The van der Waals surface area contributed by atoms with Crippen LogP contribution in [0.1, 0.15) is 47.6 Å². The number of benzene rings is 3. The standard InChI is InChI=1S/C27H25NO3/c1-18(2)21-12-14-22(15-13-21)26-28-24(27(29)31-26)16-23-6-4-5-7-25(23)30-17-20-10-8-19(3)9-11-20/h4-16,18H,17H2,1-3H3/b24-16-. The highest BCUT2D eigenvalue weighted by atomic mass is 16.6. The first kappa shape index (κ1) is 20.6. The van der Waals surface area contributed by atoms with E-state index in [0.29, 0.717) is 24.2 Å². The molecule has 0 spiro atoms. The van der Waals surface area contributed by atoms with Gasteiger partial charge in [-0.1, -0.05) is 74.0 Å². The molecule has 4 rings (SSSR count). The maximum atomic E-state index is 12.4. The molecule has 0 radical (unpaired) electrons. The van der Waals surface area contributed by atoms with Gasteiger partial charge in [0.05, 0.1) is 0 Å². The number of para-hydroxylation sites is 1. The number of carbonyl (C=O) groups is 1. The number of hydrogen-bond acceptors (Lipinski definition) is 4. The van der Waals surface area contributed by atoms with Crippen molar-refractivity contribution in [1.82, 2.24) is 0 Å². The molecule has 1 aliphatic rings. The lowest BCUT2D eigenvalue weighted by Gasteiger charge is -2.09. The summed E-state index contributed by atoms with van der Waals surface area (Å²) in [5, 5.41) is 0. The molecule has 0 bridgehead atoms. The van der Waals surface area contributed by atoms with Gasteiger partial charge in [0.2, 0.25) is 5.90 Å². The first-order valence-electron chi connectivity index (χ1n) is 10.4. The Hall–Kier alpha value is -3.66.